The van der Waals surface area contributed by atoms with E-state index < -0.39 is 13.9 Å². The van der Waals surface area contributed by atoms with Gasteiger partial charge in [-0.15, -0.1) is 0 Å². The van der Waals surface area contributed by atoms with Crippen molar-refractivity contribution in [3.8, 4) is 22.4 Å². The number of halogens is 2. The van der Waals surface area contributed by atoms with Gasteiger partial charge in [-0.2, -0.15) is 5.10 Å². The zero-order valence-corrected chi connectivity index (χ0v) is 19.0. The number of ether oxygens (including phenoxy) is 1. The average Bonchev–Trinajstić information content (AvgIpc) is 3.33. The molecule has 4 rings (SSSR count). The maximum atomic E-state index is 13.7. The van der Waals surface area contributed by atoms with Crippen LogP contribution in [0.4, 0.5) is 4.39 Å². The first kappa shape index (κ1) is 20.8. The maximum Gasteiger partial charge on any atom is 0.141 e. The highest BCUT2D eigenvalue weighted by atomic mass is 35.5. The highest BCUT2D eigenvalue weighted by molar-refractivity contribution is 6.76. The number of nitrogens with zero attached hydrogens (tertiary/aromatic N) is 4. The summed E-state index contributed by atoms with van der Waals surface area (Å²) in [5.41, 5.74) is 4.24. The van der Waals surface area contributed by atoms with Crippen LogP contribution >= 0.6 is 11.6 Å². The lowest BCUT2D eigenvalue weighted by Crippen LogP contribution is -2.22. The zero-order chi connectivity index (χ0) is 21.3. The first-order chi connectivity index (χ1) is 14.3. The highest BCUT2D eigenvalue weighted by Gasteiger charge is 2.16. The molecule has 0 aliphatic heterocycles. The molecule has 0 spiro atoms. The minimum absolute atomic E-state index is 0.0736. The molecule has 30 heavy (non-hydrogen) atoms. The number of rotatable bonds is 7. The monoisotopic (exact) mass is 442 g/mol. The largest absolute Gasteiger partial charge is 0.360 e. The second-order valence-electron chi connectivity index (χ2n) is 8.52. The van der Waals surface area contributed by atoms with E-state index in [2.05, 4.69) is 24.6 Å². The van der Waals surface area contributed by atoms with Crippen LogP contribution in [-0.2, 0) is 11.5 Å². The molecule has 0 fully saturated rings. The second kappa shape index (κ2) is 8.33. The van der Waals surface area contributed by atoms with Gasteiger partial charge in [0.05, 0.1) is 5.02 Å². The number of pyridine rings is 1. The van der Waals surface area contributed by atoms with Crippen LogP contribution in [0.25, 0.3) is 28.0 Å². The van der Waals surface area contributed by atoms with Crippen LogP contribution < -0.4 is 0 Å². The van der Waals surface area contributed by atoms with E-state index in [0.717, 1.165) is 34.1 Å². The number of hydrogen-bond acceptors (Lipinski definition) is 3. The van der Waals surface area contributed by atoms with E-state index in [0.29, 0.717) is 13.3 Å². The molecule has 0 saturated carbocycles. The fourth-order valence-electron chi connectivity index (χ4n) is 3.17. The van der Waals surface area contributed by atoms with Gasteiger partial charge >= 0.3 is 0 Å². The van der Waals surface area contributed by atoms with E-state index in [-0.39, 0.29) is 5.02 Å². The van der Waals surface area contributed by atoms with Crippen molar-refractivity contribution in [3.05, 3.63) is 66.0 Å². The second-order valence-corrected chi connectivity index (χ2v) is 14.5. The van der Waals surface area contributed by atoms with Gasteiger partial charge in [-0.3, -0.25) is 0 Å². The number of fused-ring (bicyclic) bond motifs is 1. The van der Waals surface area contributed by atoms with Gasteiger partial charge in [0.1, 0.15) is 23.9 Å². The summed E-state index contributed by atoms with van der Waals surface area (Å²) in [5, 5.41) is 4.80. The lowest BCUT2D eigenvalue weighted by Gasteiger charge is -2.15. The standard InChI is InChI=1S/C22H24ClFN4OSi/c1-30(2,3)11-10-29-15-28-14-18(17-5-7-21-25-8-9-27(21)13-17)22(26-28)16-4-6-20(24)19(23)12-16/h4-9,12-14H,10-11,15H2,1-3H3. The Balaban J connectivity index is 1.69. The quantitative estimate of drug-likeness (QED) is 0.261. The molecule has 0 atom stereocenters. The van der Waals surface area contributed by atoms with Crippen molar-refractivity contribution in [3.63, 3.8) is 0 Å². The van der Waals surface area contributed by atoms with Gasteiger partial charge in [-0.25, -0.2) is 14.1 Å². The molecule has 0 N–H and O–H groups in total. The number of imidazole rings is 1. The van der Waals surface area contributed by atoms with Crippen molar-refractivity contribution >= 4 is 25.3 Å². The third-order valence-corrected chi connectivity index (χ3v) is 6.87. The van der Waals surface area contributed by atoms with E-state index in [1.165, 1.54) is 6.07 Å². The molecular weight excluding hydrogens is 419 g/mol. The molecule has 0 unspecified atom stereocenters. The fraction of sp³-hybridized carbons (Fsp3) is 0.273. The van der Waals surface area contributed by atoms with Crippen LogP contribution in [0.1, 0.15) is 0 Å². The molecule has 1 aromatic carbocycles. The number of aromatic nitrogens is 4. The summed E-state index contributed by atoms with van der Waals surface area (Å²) in [4.78, 5) is 4.30. The summed E-state index contributed by atoms with van der Waals surface area (Å²) in [5.74, 6) is -0.448. The van der Waals surface area contributed by atoms with Gasteiger partial charge in [0, 0.05) is 56.2 Å². The van der Waals surface area contributed by atoms with Crippen LogP contribution in [0.3, 0.4) is 0 Å². The number of benzene rings is 1. The zero-order valence-electron chi connectivity index (χ0n) is 17.3. The Bertz CT molecular complexity index is 1180. The Morgan fingerprint density at radius 3 is 2.67 bits per heavy atom. The van der Waals surface area contributed by atoms with Crippen molar-refractivity contribution in [2.24, 2.45) is 0 Å². The van der Waals surface area contributed by atoms with Gasteiger partial charge in [0.2, 0.25) is 0 Å². The molecule has 3 aromatic heterocycles. The predicted octanol–water partition coefficient (Wildman–Crippen LogP) is 5.97. The van der Waals surface area contributed by atoms with E-state index in [4.69, 9.17) is 21.4 Å². The third kappa shape index (κ3) is 4.64. The van der Waals surface area contributed by atoms with Crippen molar-refractivity contribution in [1.82, 2.24) is 19.2 Å². The van der Waals surface area contributed by atoms with Crippen LogP contribution in [0.5, 0.6) is 0 Å². The van der Waals surface area contributed by atoms with E-state index >= 15 is 0 Å². The SMILES string of the molecule is C[Si](C)(C)CCOCn1cc(-c2ccc3nccn3c2)c(-c2ccc(F)c(Cl)c2)n1. The summed E-state index contributed by atoms with van der Waals surface area (Å²) in [6, 6.07) is 9.72. The van der Waals surface area contributed by atoms with Crippen LogP contribution in [0, 0.1) is 5.82 Å². The molecule has 4 aromatic rings. The molecule has 0 aliphatic carbocycles. The predicted molar refractivity (Wildman–Crippen MR) is 121 cm³/mol. The van der Waals surface area contributed by atoms with E-state index in [1.54, 1.807) is 23.0 Å². The minimum atomic E-state index is -1.15. The molecule has 0 radical (unpaired) electrons. The first-order valence-electron chi connectivity index (χ1n) is 9.84. The molecular formula is C22H24ClFN4OSi. The Kier molecular flexibility index (Phi) is 5.77. The van der Waals surface area contributed by atoms with Crippen molar-refractivity contribution in [2.45, 2.75) is 32.4 Å². The molecule has 0 bridgehead atoms. The van der Waals surface area contributed by atoms with Crippen molar-refractivity contribution < 1.29 is 9.13 Å². The summed E-state index contributed by atoms with van der Waals surface area (Å²) in [7, 11) is -1.15. The summed E-state index contributed by atoms with van der Waals surface area (Å²) in [6.45, 7) is 8.05. The van der Waals surface area contributed by atoms with Crippen LogP contribution in [0.15, 0.2) is 55.1 Å². The minimum Gasteiger partial charge on any atom is -0.360 e. The molecule has 0 amide bonds. The maximum absolute atomic E-state index is 13.7. The van der Waals surface area contributed by atoms with Gasteiger partial charge in [0.15, 0.2) is 0 Å². The summed E-state index contributed by atoms with van der Waals surface area (Å²) >= 11 is 6.03. The Hall–Kier alpha value is -2.48. The average molecular weight is 443 g/mol. The van der Waals surface area contributed by atoms with Gasteiger partial charge < -0.3 is 9.14 Å². The Labute approximate surface area is 181 Å². The van der Waals surface area contributed by atoms with E-state index in [9.17, 15) is 4.39 Å². The number of hydrogen-bond donors (Lipinski definition) is 0. The molecule has 3 heterocycles. The Morgan fingerprint density at radius 2 is 1.90 bits per heavy atom. The third-order valence-electron chi connectivity index (χ3n) is 4.87. The molecule has 5 nitrogen and oxygen atoms in total. The highest BCUT2D eigenvalue weighted by Crippen LogP contribution is 2.33. The topological polar surface area (TPSA) is 44.4 Å². The molecule has 8 heteroatoms. The van der Waals surface area contributed by atoms with Gasteiger partial charge in [-0.1, -0.05) is 31.2 Å². The van der Waals surface area contributed by atoms with Crippen molar-refractivity contribution in [2.75, 3.05) is 6.61 Å². The Morgan fingerprint density at radius 1 is 1.10 bits per heavy atom. The van der Waals surface area contributed by atoms with Gasteiger partial charge in [-0.05, 0) is 36.4 Å². The van der Waals surface area contributed by atoms with Crippen LogP contribution in [-0.4, -0.2) is 33.8 Å². The fourth-order valence-corrected chi connectivity index (χ4v) is 4.11. The summed E-state index contributed by atoms with van der Waals surface area (Å²) < 4.78 is 23.3. The van der Waals surface area contributed by atoms with Crippen LogP contribution in [0.2, 0.25) is 30.7 Å². The lowest BCUT2D eigenvalue weighted by molar-refractivity contribution is 0.0788. The summed E-state index contributed by atoms with van der Waals surface area (Å²) in [6.07, 6.45) is 7.62. The van der Waals surface area contributed by atoms with Crippen molar-refractivity contribution in [1.29, 1.82) is 0 Å². The smallest absolute Gasteiger partial charge is 0.141 e. The normalized spacial score (nSPS) is 12.0. The molecule has 156 valence electrons. The molecule has 0 saturated heterocycles. The first-order valence-corrected chi connectivity index (χ1v) is 13.9. The lowest BCUT2D eigenvalue weighted by atomic mass is 10.0. The van der Waals surface area contributed by atoms with E-state index in [1.807, 2.05) is 35.1 Å². The van der Waals surface area contributed by atoms with Gasteiger partial charge in [0.25, 0.3) is 0 Å². The molecule has 0 aliphatic rings.